The molecule has 1 aromatic rings. The first-order chi connectivity index (χ1) is 14.8. The summed E-state index contributed by atoms with van der Waals surface area (Å²) in [7, 11) is 0. The van der Waals surface area contributed by atoms with Crippen molar-refractivity contribution in [2.75, 3.05) is 19.6 Å². The molecular weight excluding hydrogens is 372 g/mol. The SMILES string of the molecule is O=C1CCC/C=C\[C@H]2C[C@@]34CN5CCCC/C=C\CCc6cc(c(o6)[C@@H]3N12)[C@@H]4CC5. The molecule has 0 radical (unpaired) electrons. The molecule has 2 fully saturated rings. The summed E-state index contributed by atoms with van der Waals surface area (Å²) in [5.41, 5.74) is 1.57. The molecule has 1 unspecified atom stereocenters. The van der Waals surface area contributed by atoms with Crippen LogP contribution in [-0.4, -0.2) is 41.4 Å². The van der Waals surface area contributed by atoms with Gasteiger partial charge in [0.05, 0.1) is 12.1 Å². The highest BCUT2D eigenvalue weighted by Crippen LogP contribution is 2.67. The van der Waals surface area contributed by atoms with E-state index in [1.807, 2.05) is 0 Å². The summed E-state index contributed by atoms with van der Waals surface area (Å²) in [6.07, 6.45) is 20.1. The molecular formula is C26H34N2O2. The number of furan rings is 1. The van der Waals surface area contributed by atoms with Crippen molar-refractivity contribution in [2.24, 2.45) is 5.41 Å². The summed E-state index contributed by atoms with van der Waals surface area (Å²) in [6.45, 7) is 3.49. The lowest BCUT2D eigenvalue weighted by Gasteiger charge is -2.45. The van der Waals surface area contributed by atoms with Crippen LogP contribution in [-0.2, 0) is 11.2 Å². The van der Waals surface area contributed by atoms with Gasteiger partial charge in [-0.2, -0.15) is 0 Å². The maximum absolute atomic E-state index is 13.3. The Morgan fingerprint density at radius 2 is 1.90 bits per heavy atom. The van der Waals surface area contributed by atoms with Gasteiger partial charge in [-0.1, -0.05) is 24.3 Å². The largest absolute Gasteiger partial charge is 0.464 e. The third kappa shape index (κ3) is 2.86. The molecule has 0 aromatic carbocycles. The molecule has 160 valence electrons. The summed E-state index contributed by atoms with van der Waals surface area (Å²) in [5, 5.41) is 0. The number of nitrogens with zero attached hydrogens (tertiary/aromatic N) is 2. The summed E-state index contributed by atoms with van der Waals surface area (Å²) < 4.78 is 6.59. The van der Waals surface area contributed by atoms with Crippen LogP contribution in [0.3, 0.4) is 0 Å². The van der Waals surface area contributed by atoms with Gasteiger partial charge in [0.1, 0.15) is 11.5 Å². The lowest BCUT2D eigenvalue weighted by molar-refractivity contribution is -0.135. The fourth-order valence-electron chi connectivity index (χ4n) is 7.19. The number of hydrogen-bond acceptors (Lipinski definition) is 3. The second-order valence-corrected chi connectivity index (χ2v) is 10.2. The minimum absolute atomic E-state index is 0.134. The van der Waals surface area contributed by atoms with Crippen molar-refractivity contribution in [3.8, 4) is 0 Å². The predicted molar refractivity (Wildman–Crippen MR) is 117 cm³/mol. The molecule has 2 saturated heterocycles. The van der Waals surface area contributed by atoms with E-state index in [0.29, 0.717) is 18.2 Å². The number of carbonyl (C=O) groups is 1. The van der Waals surface area contributed by atoms with Gasteiger partial charge >= 0.3 is 0 Å². The van der Waals surface area contributed by atoms with Gasteiger partial charge in [-0.15, -0.1) is 0 Å². The number of hydrogen-bond donors (Lipinski definition) is 0. The number of rotatable bonds is 0. The molecule has 4 heteroatoms. The van der Waals surface area contributed by atoms with Crippen LogP contribution in [0.2, 0.25) is 0 Å². The van der Waals surface area contributed by atoms with Crippen LogP contribution in [0.5, 0.6) is 0 Å². The first-order valence-electron chi connectivity index (χ1n) is 12.2. The van der Waals surface area contributed by atoms with Crippen molar-refractivity contribution in [1.29, 1.82) is 0 Å². The zero-order valence-electron chi connectivity index (χ0n) is 18.0. The number of piperidine rings is 1. The minimum atomic E-state index is 0.134. The average molecular weight is 407 g/mol. The smallest absolute Gasteiger partial charge is 0.223 e. The second kappa shape index (κ2) is 7.40. The number of allylic oxidation sites excluding steroid dienone is 3. The lowest BCUT2D eigenvalue weighted by Crippen LogP contribution is -2.48. The van der Waals surface area contributed by atoms with Gasteiger partial charge in [0, 0.05) is 24.8 Å². The number of fused-ring (bicyclic) bond motifs is 8. The summed E-state index contributed by atoms with van der Waals surface area (Å²) in [4.78, 5) is 18.3. The third-order valence-electron chi connectivity index (χ3n) is 8.41. The standard InChI is InChI=1S/C26H34N2O2/c29-23-12-8-5-6-10-19-17-26-18-27-14-9-4-2-1-3-7-11-20-16-21(22(26)13-15-27)24(30-20)25(26)28(19)23/h1,3,6,10,16,19,22,25H,2,4-5,7-9,11-15,17-18H2/b3-1-,10-6-/t19-,22-,25-,26-/m0/s1. The van der Waals surface area contributed by atoms with E-state index in [0.717, 1.165) is 50.2 Å². The van der Waals surface area contributed by atoms with Crippen molar-refractivity contribution in [3.63, 3.8) is 0 Å². The molecule has 5 atom stereocenters. The summed E-state index contributed by atoms with van der Waals surface area (Å²) in [6, 6.07) is 2.74. The molecule has 1 aromatic heterocycles. The van der Waals surface area contributed by atoms with Crippen LogP contribution in [0.25, 0.3) is 0 Å². The number of carbonyl (C=O) groups excluding carboxylic acids is 1. The highest BCUT2D eigenvalue weighted by molar-refractivity contribution is 5.78. The molecule has 6 heterocycles. The summed E-state index contributed by atoms with van der Waals surface area (Å²) in [5.74, 6) is 3.14. The van der Waals surface area contributed by atoms with Crippen molar-refractivity contribution >= 4 is 5.91 Å². The molecule has 6 bridgehead atoms. The second-order valence-electron chi connectivity index (χ2n) is 10.2. The van der Waals surface area contributed by atoms with Crippen LogP contribution >= 0.6 is 0 Å². The molecule has 4 nitrogen and oxygen atoms in total. The molecule has 1 aliphatic carbocycles. The van der Waals surface area contributed by atoms with E-state index >= 15 is 0 Å². The van der Waals surface area contributed by atoms with E-state index in [4.69, 9.17) is 4.42 Å². The molecule has 0 saturated carbocycles. The van der Waals surface area contributed by atoms with Crippen LogP contribution in [0, 0.1) is 5.41 Å². The molecule has 0 N–H and O–H groups in total. The van der Waals surface area contributed by atoms with Crippen molar-refractivity contribution < 1.29 is 9.21 Å². The maximum atomic E-state index is 13.3. The Balaban J connectivity index is 1.45. The molecule has 7 rings (SSSR count). The Morgan fingerprint density at radius 3 is 2.87 bits per heavy atom. The maximum Gasteiger partial charge on any atom is 0.223 e. The Bertz CT molecular complexity index is 884. The molecule has 30 heavy (non-hydrogen) atoms. The zero-order chi connectivity index (χ0) is 20.1. The van der Waals surface area contributed by atoms with E-state index in [9.17, 15) is 4.79 Å². The van der Waals surface area contributed by atoms with Gasteiger partial charge in [0.2, 0.25) is 5.91 Å². The number of aryl methyl sites for hydroxylation is 1. The molecule has 1 amide bonds. The van der Waals surface area contributed by atoms with Gasteiger partial charge in [-0.05, 0) is 82.0 Å². The van der Waals surface area contributed by atoms with Crippen LogP contribution in [0.4, 0.5) is 0 Å². The Labute approximate surface area is 180 Å². The average Bonchev–Trinajstić information content (AvgIpc) is 3.32. The number of amides is 1. The van der Waals surface area contributed by atoms with Crippen LogP contribution in [0.1, 0.15) is 86.8 Å². The van der Waals surface area contributed by atoms with Crippen LogP contribution in [0.15, 0.2) is 34.8 Å². The fraction of sp³-hybridized carbons (Fsp3) is 0.654. The van der Waals surface area contributed by atoms with E-state index in [2.05, 4.69) is 40.2 Å². The van der Waals surface area contributed by atoms with E-state index in [-0.39, 0.29) is 17.5 Å². The highest BCUT2D eigenvalue weighted by atomic mass is 16.3. The van der Waals surface area contributed by atoms with Crippen LogP contribution < -0.4 is 0 Å². The normalized spacial score (nSPS) is 40.3. The quantitative estimate of drug-likeness (QED) is 0.561. The Hall–Kier alpha value is -1.81. The first kappa shape index (κ1) is 18.9. The fourth-order valence-corrected chi connectivity index (χ4v) is 7.19. The Morgan fingerprint density at radius 1 is 1.00 bits per heavy atom. The summed E-state index contributed by atoms with van der Waals surface area (Å²) >= 11 is 0. The van der Waals surface area contributed by atoms with E-state index in [1.165, 1.54) is 44.3 Å². The van der Waals surface area contributed by atoms with Gasteiger partial charge < -0.3 is 14.2 Å². The minimum Gasteiger partial charge on any atom is -0.464 e. The van der Waals surface area contributed by atoms with Gasteiger partial charge in [-0.25, -0.2) is 0 Å². The van der Waals surface area contributed by atoms with Crippen molar-refractivity contribution in [2.45, 2.75) is 82.2 Å². The van der Waals surface area contributed by atoms with E-state index < -0.39 is 0 Å². The van der Waals surface area contributed by atoms with Gasteiger partial charge in [0.25, 0.3) is 0 Å². The van der Waals surface area contributed by atoms with Gasteiger partial charge in [0.15, 0.2) is 0 Å². The molecule has 5 aliphatic heterocycles. The monoisotopic (exact) mass is 406 g/mol. The highest BCUT2D eigenvalue weighted by Gasteiger charge is 2.65. The Kier molecular flexibility index (Phi) is 4.67. The topological polar surface area (TPSA) is 36.7 Å². The zero-order valence-corrected chi connectivity index (χ0v) is 18.0. The lowest BCUT2D eigenvalue weighted by atomic mass is 9.68. The first-order valence-corrected chi connectivity index (χ1v) is 12.2. The van der Waals surface area contributed by atoms with Crippen molar-refractivity contribution in [1.82, 2.24) is 9.80 Å². The van der Waals surface area contributed by atoms with Crippen molar-refractivity contribution in [3.05, 3.63) is 47.5 Å². The van der Waals surface area contributed by atoms with E-state index in [1.54, 1.807) is 0 Å². The predicted octanol–water partition coefficient (Wildman–Crippen LogP) is 5.12. The third-order valence-corrected chi connectivity index (χ3v) is 8.41. The molecule has 1 spiro atoms. The van der Waals surface area contributed by atoms with Gasteiger partial charge in [-0.3, -0.25) is 4.79 Å². The molecule has 6 aliphatic rings.